The van der Waals surface area contributed by atoms with Gasteiger partial charge < -0.3 is 10.4 Å². The van der Waals surface area contributed by atoms with Gasteiger partial charge in [0.05, 0.1) is 0 Å². The summed E-state index contributed by atoms with van der Waals surface area (Å²) in [4.78, 5) is 0. The first kappa shape index (κ1) is 12.9. The summed E-state index contributed by atoms with van der Waals surface area (Å²) in [5.41, 5.74) is 2.23. The number of phenolic OH excluding ortho intramolecular Hbond substituents is 1. The number of nitrogens with one attached hydrogen (secondary N) is 1. The van der Waals surface area contributed by atoms with Gasteiger partial charge in [0.2, 0.25) is 0 Å². The van der Waals surface area contributed by atoms with Crippen LogP contribution in [0.5, 0.6) is 5.75 Å². The Bertz CT molecular complexity index is 323. The molecule has 2 N–H and O–H groups in total. The Morgan fingerprint density at radius 1 is 1.31 bits per heavy atom. The molecule has 1 unspecified atom stereocenters. The summed E-state index contributed by atoms with van der Waals surface area (Å²) in [5, 5.41) is 12.8. The molecule has 0 amide bonds. The fraction of sp³-hybridized carbons (Fsp3) is 0.571. The molecule has 90 valence electrons. The molecule has 0 fully saturated rings. The highest BCUT2D eigenvalue weighted by atomic mass is 16.3. The summed E-state index contributed by atoms with van der Waals surface area (Å²) in [6.07, 6.45) is 5.06. The summed E-state index contributed by atoms with van der Waals surface area (Å²) < 4.78 is 0. The first-order valence-electron chi connectivity index (χ1n) is 6.19. The fourth-order valence-electron chi connectivity index (χ4n) is 1.85. The zero-order valence-corrected chi connectivity index (χ0v) is 10.6. The molecule has 0 aliphatic rings. The van der Waals surface area contributed by atoms with E-state index in [2.05, 4.69) is 19.2 Å². The van der Waals surface area contributed by atoms with Gasteiger partial charge in [-0.15, -0.1) is 0 Å². The molecule has 0 aliphatic heterocycles. The molecule has 0 saturated heterocycles. The largest absolute Gasteiger partial charge is 0.508 e. The Labute approximate surface area is 98.7 Å². The third-order valence-electron chi connectivity index (χ3n) is 2.85. The molecule has 1 atom stereocenters. The van der Waals surface area contributed by atoms with Crippen molar-refractivity contribution in [2.24, 2.45) is 0 Å². The number of anilines is 1. The molecule has 0 aromatic heterocycles. The molecule has 0 radical (unpaired) electrons. The van der Waals surface area contributed by atoms with Gasteiger partial charge in [0.15, 0.2) is 0 Å². The van der Waals surface area contributed by atoms with Gasteiger partial charge >= 0.3 is 0 Å². The molecule has 2 nitrogen and oxygen atoms in total. The maximum Gasteiger partial charge on any atom is 0.115 e. The zero-order chi connectivity index (χ0) is 12.0. The zero-order valence-electron chi connectivity index (χ0n) is 10.6. The monoisotopic (exact) mass is 221 g/mol. The molecule has 0 spiro atoms. The van der Waals surface area contributed by atoms with E-state index < -0.39 is 0 Å². The van der Waals surface area contributed by atoms with E-state index in [0.717, 1.165) is 11.3 Å². The first-order chi connectivity index (χ1) is 7.63. The van der Waals surface area contributed by atoms with Gasteiger partial charge in [0, 0.05) is 11.7 Å². The van der Waals surface area contributed by atoms with Gasteiger partial charge in [-0.1, -0.05) is 26.2 Å². The molecule has 1 rings (SSSR count). The Morgan fingerprint density at radius 3 is 2.69 bits per heavy atom. The second-order valence-corrected chi connectivity index (χ2v) is 4.54. The lowest BCUT2D eigenvalue weighted by molar-refractivity contribution is 0.475. The predicted octanol–water partition coefficient (Wildman–Crippen LogP) is 4.08. The highest BCUT2D eigenvalue weighted by molar-refractivity contribution is 5.53. The standard InChI is InChI=1S/C14H23NO/c1-4-5-6-7-12(3)15-14-9-8-13(16)10-11(14)2/h8-10,12,15-16H,4-7H2,1-3H3. The van der Waals surface area contributed by atoms with Gasteiger partial charge in [-0.2, -0.15) is 0 Å². The number of aromatic hydroxyl groups is 1. The van der Waals surface area contributed by atoms with Crippen molar-refractivity contribution in [1.82, 2.24) is 0 Å². The first-order valence-corrected chi connectivity index (χ1v) is 6.19. The number of hydrogen-bond acceptors (Lipinski definition) is 2. The van der Waals surface area contributed by atoms with Crippen molar-refractivity contribution in [2.45, 2.75) is 52.5 Å². The van der Waals surface area contributed by atoms with Gasteiger partial charge in [-0.25, -0.2) is 0 Å². The normalized spacial score (nSPS) is 12.4. The van der Waals surface area contributed by atoms with Crippen molar-refractivity contribution in [3.05, 3.63) is 23.8 Å². The number of benzene rings is 1. The molecule has 0 saturated carbocycles. The minimum absolute atomic E-state index is 0.335. The van der Waals surface area contributed by atoms with Crippen LogP contribution in [0.15, 0.2) is 18.2 Å². The number of unbranched alkanes of at least 4 members (excludes halogenated alkanes) is 2. The van der Waals surface area contributed by atoms with Crippen LogP contribution < -0.4 is 5.32 Å². The SMILES string of the molecule is CCCCCC(C)Nc1ccc(O)cc1C. The summed E-state index contributed by atoms with van der Waals surface area (Å²) in [7, 11) is 0. The summed E-state index contributed by atoms with van der Waals surface area (Å²) in [6, 6.07) is 5.96. The molecule has 2 heteroatoms. The van der Waals surface area contributed by atoms with E-state index in [-0.39, 0.29) is 0 Å². The summed E-state index contributed by atoms with van der Waals surface area (Å²) >= 11 is 0. The van der Waals surface area contributed by atoms with Crippen molar-refractivity contribution >= 4 is 5.69 Å². The van der Waals surface area contributed by atoms with Crippen molar-refractivity contribution in [3.8, 4) is 5.75 Å². The van der Waals surface area contributed by atoms with Gasteiger partial charge in [-0.05, 0) is 44.0 Å². The Hall–Kier alpha value is -1.18. The van der Waals surface area contributed by atoms with E-state index in [1.54, 1.807) is 12.1 Å². The Morgan fingerprint density at radius 2 is 2.06 bits per heavy atom. The van der Waals surface area contributed by atoms with Crippen molar-refractivity contribution in [3.63, 3.8) is 0 Å². The van der Waals surface area contributed by atoms with Crippen LogP contribution in [-0.2, 0) is 0 Å². The van der Waals surface area contributed by atoms with Gasteiger partial charge in [0.1, 0.15) is 5.75 Å². The fourth-order valence-corrected chi connectivity index (χ4v) is 1.85. The quantitative estimate of drug-likeness (QED) is 0.560. The van der Waals surface area contributed by atoms with E-state index >= 15 is 0 Å². The molecule has 16 heavy (non-hydrogen) atoms. The van der Waals surface area contributed by atoms with E-state index in [1.807, 2.05) is 13.0 Å². The summed E-state index contributed by atoms with van der Waals surface area (Å²) in [6.45, 7) is 6.45. The van der Waals surface area contributed by atoms with Crippen molar-refractivity contribution in [1.29, 1.82) is 0 Å². The maximum absolute atomic E-state index is 9.32. The van der Waals surface area contributed by atoms with Crippen LogP contribution in [0.2, 0.25) is 0 Å². The lowest BCUT2D eigenvalue weighted by atomic mass is 10.1. The van der Waals surface area contributed by atoms with E-state index in [4.69, 9.17) is 0 Å². The van der Waals surface area contributed by atoms with Crippen LogP contribution in [0.1, 0.15) is 45.1 Å². The second kappa shape index (κ2) is 6.41. The second-order valence-electron chi connectivity index (χ2n) is 4.54. The van der Waals surface area contributed by atoms with Crippen LogP contribution in [0.3, 0.4) is 0 Å². The van der Waals surface area contributed by atoms with Gasteiger partial charge in [-0.3, -0.25) is 0 Å². The lowest BCUT2D eigenvalue weighted by Crippen LogP contribution is -2.15. The number of phenols is 1. The summed E-state index contributed by atoms with van der Waals surface area (Å²) in [5.74, 6) is 0.335. The van der Waals surface area contributed by atoms with E-state index in [9.17, 15) is 5.11 Å². The van der Waals surface area contributed by atoms with Gasteiger partial charge in [0.25, 0.3) is 0 Å². The maximum atomic E-state index is 9.32. The average Bonchev–Trinajstić information content (AvgIpc) is 2.23. The minimum Gasteiger partial charge on any atom is -0.508 e. The molecular formula is C14H23NO. The Balaban J connectivity index is 2.46. The lowest BCUT2D eigenvalue weighted by Gasteiger charge is -2.17. The third kappa shape index (κ3) is 4.13. The number of hydrogen-bond donors (Lipinski definition) is 2. The van der Waals surface area contributed by atoms with Crippen molar-refractivity contribution in [2.75, 3.05) is 5.32 Å². The van der Waals surface area contributed by atoms with E-state index in [1.165, 1.54) is 25.7 Å². The molecule has 1 aromatic rings. The third-order valence-corrected chi connectivity index (χ3v) is 2.85. The highest BCUT2D eigenvalue weighted by Gasteiger charge is 2.04. The Kier molecular flexibility index (Phi) is 5.17. The van der Waals surface area contributed by atoms with Crippen LogP contribution in [0.25, 0.3) is 0 Å². The topological polar surface area (TPSA) is 32.3 Å². The molecule has 0 bridgehead atoms. The minimum atomic E-state index is 0.335. The molecule has 0 heterocycles. The smallest absolute Gasteiger partial charge is 0.115 e. The number of rotatable bonds is 6. The molecular weight excluding hydrogens is 198 g/mol. The highest BCUT2D eigenvalue weighted by Crippen LogP contribution is 2.21. The van der Waals surface area contributed by atoms with Crippen LogP contribution in [-0.4, -0.2) is 11.1 Å². The van der Waals surface area contributed by atoms with E-state index in [0.29, 0.717) is 11.8 Å². The predicted molar refractivity (Wildman–Crippen MR) is 70.1 cm³/mol. The average molecular weight is 221 g/mol. The van der Waals surface area contributed by atoms with Crippen LogP contribution in [0, 0.1) is 6.92 Å². The van der Waals surface area contributed by atoms with Crippen LogP contribution in [0.4, 0.5) is 5.69 Å². The van der Waals surface area contributed by atoms with Crippen LogP contribution >= 0.6 is 0 Å². The molecule has 1 aromatic carbocycles. The molecule has 0 aliphatic carbocycles. The van der Waals surface area contributed by atoms with Crippen molar-refractivity contribution < 1.29 is 5.11 Å². The number of aryl methyl sites for hydroxylation is 1.